The molecular weight excluding hydrogens is 581 g/mol. The summed E-state index contributed by atoms with van der Waals surface area (Å²) in [6, 6.07) is 9.91. The first-order chi connectivity index (χ1) is 20.5. The summed E-state index contributed by atoms with van der Waals surface area (Å²) in [6.45, 7) is 12.2. The number of ether oxygens (including phenoxy) is 1. The Hall–Kier alpha value is -1.91. The molecule has 3 rings (SSSR count). The van der Waals surface area contributed by atoms with Crippen molar-refractivity contribution in [1.29, 1.82) is 0 Å². The van der Waals surface area contributed by atoms with E-state index < -0.39 is 17.7 Å². The predicted molar refractivity (Wildman–Crippen MR) is 179 cm³/mol. The predicted octanol–water partition coefficient (Wildman–Crippen LogP) is 5.90. The molecule has 1 saturated heterocycles. The van der Waals surface area contributed by atoms with Crippen LogP contribution in [0.25, 0.3) is 0 Å². The van der Waals surface area contributed by atoms with Crippen LogP contribution in [0.1, 0.15) is 85.1 Å². The molecule has 0 bridgehead atoms. The van der Waals surface area contributed by atoms with Gasteiger partial charge in [0.05, 0.1) is 5.88 Å². The van der Waals surface area contributed by atoms with E-state index in [1.165, 1.54) is 42.6 Å². The zero-order valence-corrected chi connectivity index (χ0v) is 28.6. The first kappa shape index (κ1) is 35.6. The highest BCUT2D eigenvalue weighted by molar-refractivity contribution is 7.99. The molecule has 1 saturated carbocycles. The van der Waals surface area contributed by atoms with Crippen LogP contribution in [0.4, 0.5) is 4.79 Å². The van der Waals surface area contributed by atoms with Crippen molar-refractivity contribution < 1.29 is 19.1 Å². The van der Waals surface area contributed by atoms with Gasteiger partial charge in [0.25, 0.3) is 0 Å². The number of benzene rings is 1. The Morgan fingerprint density at radius 2 is 1.70 bits per heavy atom. The molecule has 1 aliphatic heterocycles. The van der Waals surface area contributed by atoms with Gasteiger partial charge in [0.15, 0.2) is 0 Å². The summed E-state index contributed by atoms with van der Waals surface area (Å²) in [5.74, 6) is 2.08. The van der Waals surface area contributed by atoms with Crippen molar-refractivity contribution in [3.05, 3.63) is 35.9 Å². The summed E-state index contributed by atoms with van der Waals surface area (Å²) in [6.07, 6.45) is 7.61. The lowest BCUT2D eigenvalue weighted by Gasteiger charge is -2.33. The molecule has 43 heavy (non-hydrogen) atoms. The Balaban J connectivity index is 1.57. The quantitative estimate of drug-likeness (QED) is 0.246. The molecule has 1 heterocycles. The Labute approximate surface area is 268 Å². The van der Waals surface area contributed by atoms with E-state index in [2.05, 4.69) is 39.8 Å². The van der Waals surface area contributed by atoms with Gasteiger partial charge in [-0.15, -0.1) is 11.8 Å². The smallest absolute Gasteiger partial charge is 0.411 e. The molecule has 1 unspecified atom stereocenters. The van der Waals surface area contributed by atoms with Gasteiger partial charge in [-0.25, -0.2) is 4.79 Å². The highest BCUT2D eigenvalue weighted by Crippen LogP contribution is 2.27. The maximum absolute atomic E-state index is 13.6. The fraction of sp³-hybridized carbons (Fsp3) is 0.727. The molecule has 0 aromatic heterocycles. The third-order valence-electron chi connectivity index (χ3n) is 7.75. The molecule has 2 N–H and O–H groups in total. The van der Waals surface area contributed by atoms with Gasteiger partial charge in [-0.1, -0.05) is 63.4 Å². The van der Waals surface area contributed by atoms with Crippen molar-refractivity contribution in [2.75, 3.05) is 37.0 Å². The number of thioether (sulfide) groups is 2. The molecule has 1 aromatic rings. The molecule has 242 valence electrons. The molecule has 0 spiro atoms. The highest BCUT2D eigenvalue weighted by atomic mass is 32.2. The largest absolute Gasteiger partial charge is 0.444 e. The number of hydrogen-bond donors (Lipinski definition) is 2. The number of hydrogen-bond acceptors (Lipinski definition) is 7. The first-order valence-corrected chi connectivity index (χ1v) is 18.2. The van der Waals surface area contributed by atoms with Crippen molar-refractivity contribution in [1.82, 2.24) is 20.4 Å². The van der Waals surface area contributed by atoms with Crippen molar-refractivity contribution in [3.63, 3.8) is 0 Å². The van der Waals surface area contributed by atoms with Gasteiger partial charge in [-0.05, 0) is 63.7 Å². The zero-order valence-electron chi connectivity index (χ0n) is 26.9. The van der Waals surface area contributed by atoms with Gasteiger partial charge in [0.2, 0.25) is 11.8 Å². The lowest BCUT2D eigenvalue weighted by molar-refractivity contribution is -0.129. The number of carbonyl (C=O) groups excluding carboxylic acids is 3. The van der Waals surface area contributed by atoms with Crippen LogP contribution in [-0.4, -0.2) is 87.7 Å². The third-order valence-corrected chi connectivity index (χ3v) is 10.2. The second-order valence-corrected chi connectivity index (χ2v) is 15.8. The van der Waals surface area contributed by atoms with Crippen LogP contribution in [0, 0.1) is 5.92 Å². The van der Waals surface area contributed by atoms with Crippen LogP contribution in [0.5, 0.6) is 0 Å². The molecule has 8 nitrogen and oxygen atoms in total. The van der Waals surface area contributed by atoms with Crippen LogP contribution in [-0.2, 0) is 20.9 Å². The fourth-order valence-corrected chi connectivity index (χ4v) is 7.36. The fourth-order valence-electron chi connectivity index (χ4n) is 5.41. The number of amides is 3. The Morgan fingerprint density at radius 1 is 1.02 bits per heavy atom. The maximum Gasteiger partial charge on any atom is 0.411 e. The first-order valence-electron chi connectivity index (χ1n) is 16.0. The second kappa shape index (κ2) is 18.2. The lowest BCUT2D eigenvalue weighted by Crippen LogP contribution is -2.54. The monoisotopic (exact) mass is 634 g/mol. The molecule has 2 fully saturated rings. The van der Waals surface area contributed by atoms with E-state index in [1.54, 1.807) is 23.5 Å². The van der Waals surface area contributed by atoms with E-state index in [1.807, 2.05) is 40.7 Å². The molecule has 2 aliphatic rings. The van der Waals surface area contributed by atoms with Gasteiger partial charge in [0, 0.05) is 36.7 Å². The van der Waals surface area contributed by atoms with Gasteiger partial charge in [0.1, 0.15) is 18.2 Å². The normalized spacial score (nSPS) is 17.8. The summed E-state index contributed by atoms with van der Waals surface area (Å²) in [5, 5.41) is 6.52. The molecule has 0 radical (unpaired) electrons. The minimum Gasteiger partial charge on any atom is -0.444 e. The Kier molecular flexibility index (Phi) is 15.0. The maximum atomic E-state index is 13.6. The number of piperidine rings is 1. The third kappa shape index (κ3) is 14.2. The molecule has 10 heteroatoms. The van der Waals surface area contributed by atoms with Crippen LogP contribution < -0.4 is 10.6 Å². The molecule has 1 atom stereocenters. The van der Waals surface area contributed by atoms with E-state index in [0.29, 0.717) is 22.8 Å². The van der Waals surface area contributed by atoms with Gasteiger partial charge >= 0.3 is 6.09 Å². The average molecular weight is 635 g/mol. The highest BCUT2D eigenvalue weighted by Gasteiger charge is 2.29. The molecule has 1 aromatic carbocycles. The van der Waals surface area contributed by atoms with E-state index in [0.717, 1.165) is 38.2 Å². The van der Waals surface area contributed by atoms with E-state index in [9.17, 15) is 14.4 Å². The van der Waals surface area contributed by atoms with Crippen LogP contribution in [0.2, 0.25) is 0 Å². The minimum absolute atomic E-state index is 0.0861. The number of carbonyl (C=O) groups is 3. The molecule has 1 aliphatic carbocycles. The van der Waals surface area contributed by atoms with Crippen LogP contribution >= 0.6 is 23.5 Å². The standard InChI is InChI=1S/C33H54N4O4S2/c1-25(2)43-24-37(32(40)41-33(3,4)5)21-30(38)35-29(23-42-22-27-14-10-7-11-15-27)31(39)34-28-16-18-36(19-17-28)20-26-12-8-6-9-13-26/h6,8-9,12-13,25,27-29H,7,10-11,14-24H2,1-5H3,(H,34,39)(H,35,38). The summed E-state index contributed by atoms with van der Waals surface area (Å²) in [4.78, 5) is 43.6. The van der Waals surface area contributed by atoms with Gasteiger partial charge in [-0.2, -0.15) is 11.8 Å². The summed E-state index contributed by atoms with van der Waals surface area (Å²) < 4.78 is 5.57. The van der Waals surface area contributed by atoms with E-state index in [4.69, 9.17) is 4.74 Å². The van der Waals surface area contributed by atoms with Crippen LogP contribution in [0.15, 0.2) is 30.3 Å². The number of rotatable bonds is 14. The van der Waals surface area contributed by atoms with Gasteiger partial charge < -0.3 is 15.4 Å². The minimum atomic E-state index is -0.664. The van der Waals surface area contributed by atoms with Crippen molar-refractivity contribution in [2.24, 2.45) is 5.92 Å². The second-order valence-electron chi connectivity index (χ2n) is 13.2. The number of nitrogens with one attached hydrogen (secondary N) is 2. The zero-order chi connectivity index (χ0) is 31.2. The van der Waals surface area contributed by atoms with E-state index >= 15 is 0 Å². The Morgan fingerprint density at radius 3 is 2.33 bits per heavy atom. The van der Waals surface area contributed by atoms with Crippen molar-refractivity contribution in [3.8, 4) is 0 Å². The summed E-state index contributed by atoms with van der Waals surface area (Å²) in [7, 11) is 0. The average Bonchev–Trinajstić information content (AvgIpc) is 2.96. The molecular formula is C33H54N4O4S2. The van der Waals surface area contributed by atoms with Crippen LogP contribution in [0.3, 0.4) is 0 Å². The lowest BCUT2D eigenvalue weighted by atomic mass is 9.91. The summed E-state index contributed by atoms with van der Waals surface area (Å²) in [5.41, 5.74) is 0.637. The Bertz CT molecular complexity index is 990. The van der Waals surface area contributed by atoms with Crippen molar-refractivity contribution in [2.45, 2.75) is 109 Å². The SMILES string of the molecule is CC(C)SCN(CC(=O)NC(CSCC1CCCCC1)C(=O)NC1CCN(Cc2ccccc2)CC1)C(=O)OC(C)(C)C. The summed E-state index contributed by atoms with van der Waals surface area (Å²) >= 11 is 3.33. The van der Waals surface area contributed by atoms with E-state index in [-0.39, 0.29) is 24.4 Å². The molecule has 3 amide bonds. The topological polar surface area (TPSA) is 91.0 Å². The number of nitrogens with zero attached hydrogens (tertiary/aromatic N) is 2. The van der Waals surface area contributed by atoms with Crippen molar-refractivity contribution >= 4 is 41.4 Å². The van der Waals surface area contributed by atoms with Gasteiger partial charge in [-0.3, -0.25) is 19.4 Å². The number of likely N-dealkylation sites (tertiary alicyclic amines) is 1.